The van der Waals surface area contributed by atoms with Gasteiger partial charge in [0.05, 0.1) is 6.10 Å². The van der Waals surface area contributed by atoms with E-state index >= 15 is 0 Å². The molecule has 3 aliphatic rings. The second-order valence-corrected chi connectivity index (χ2v) is 9.82. The van der Waals surface area contributed by atoms with Crippen molar-refractivity contribution in [1.82, 2.24) is 20.0 Å². The van der Waals surface area contributed by atoms with Crippen molar-refractivity contribution >= 4 is 23.4 Å². The smallest absolute Gasteiger partial charge is 0.321 e. The van der Waals surface area contributed by atoms with E-state index in [1.54, 1.807) is 0 Å². The Bertz CT molecular complexity index is 993. The van der Waals surface area contributed by atoms with Crippen LogP contribution in [-0.4, -0.2) is 97.6 Å². The van der Waals surface area contributed by atoms with Crippen LogP contribution in [0.25, 0.3) is 0 Å². The maximum atomic E-state index is 12.8. The second kappa shape index (κ2) is 10.8. The van der Waals surface area contributed by atoms with Crippen molar-refractivity contribution in [2.45, 2.75) is 32.8 Å². The summed E-state index contributed by atoms with van der Waals surface area (Å²) in [7, 11) is 0. The third-order valence-electron chi connectivity index (χ3n) is 7.56. The topological polar surface area (TPSA) is 77.1 Å². The summed E-state index contributed by atoms with van der Waals surface area (Å²) in [5.74, 6) is 1.82. The number of rotatable bonds is 5. The number of carbonyl (C=O) groups excluding carboxylic acids is 1. The van der Waals surface area contributed by atoms with Crippen LogP contribution < -0.4 is 15.1 Å². The Morgan fingerprint density at radius 3 is 2.20 bits per heavy atom. The number of nitrogens with zero attached hydrogens (tertiary/aromatic N) is 6. The lowest BCUT2D eigenvalue weighted by Gasteiger charge is -2.37. The first-order valence-corrected chi connectivity index (χ1v) is 12.9. The van der Waals surface area contributed by atoms with Crippen molar-refractivity contribution in [3.8, 4) is 0 Å². The predicted octanol–water partition coefficient (Wildman–Crippen LogP) is 2.75. The van der Waals surface area contributed by atoms with Crippen LogP contribution in [0.3, 0.4) is 0 Å². The normalized spacial score (nSPS) is 21.4. The molecule has 1 atom stereocenters. The number of hydrogen-bond donors (Lipinski definition) is 1. The lowest BCUT2D eigenvalue weighted by atomic mass is 10.1. The zero-order chi connectivity index (χ0) is 24.2. The Balaban J connectivity index is 1.09. The van der Waals surface area contributed by atoms with Crippen LogP contribution in [0.2, 0.25) is 0 Å². The fourth-order valence-corrected chi connectivity index (χ4v) is 5.11. The number of carbonyl (C=O) groups is 1. The van der Waals surface area contributed by atoms with Crippen molar-refractivity contribution in [2.24, 2.45) is 0 Å². The minimum Gasteiger partial charge on any atom is -0.377 e. The minimum absolute atomic E-state index is 0.0431. The van der Waals surface area contributed by atoms with E-state index in [4.69, 9.17) is 4.74 Å². The van der Waals surface area contributed by atoms with Crippen molar-refractivity contribution in [1.29, 1.82) is 0 Å². The minimum atomic E-state index is -0.0431. The molecule has 9 heteroatoms. The first-order chi connectivity index (χ1) is 17.1. The second-order valence-electron chi connectivity index (χ2n) is 9.82. The van der Waals surface area contributed by atoms with E-state index in [1.165, 1.54) is 18.4 Å². The highest BCUT2D eigenvalue weighted by Gasteiger charge is 2.25. The molecule has 4 heterocycles. The number of piperazine rings is 2. The number of hydrogen-bond acceptors (Lipinski definition) is 7. The number of aryl methyl sites for hydroxylation is 1. The average Bonchev–Trinajstić information content (AvgIpc) is 3.41. The van der Waals surface area contributed by atoms with Gasteiger partial charge in [-0.1, -0.05) is 12.1 Å². The van der Waals surface area contributed by atoms with Gasteiger partial charge in [-0.25, -0.2) is 4.79 Å². The molecule has 3 fully saturated rings. The van der Waals surface area contributed by atoms with Gasteiger partial charge in [0.15, 0.2) is 11.6 Å². The zero-order valence-corrected chi connectivity index (χ0v) is 20.9. The van der Waals surface area contributed by atoms with Crippen LogP contribution >= 0.6 is 0 Å². The molecule has 5 rings (SSSR count). The molecule has 1 unspecified atom stereocenters. The lowest BCUT2D eigenvalue weighted by molar-refractivity contribution is 0.0712. The van der Waals surface area contributed by atoms with Gasteiger partial charge < -0.3 is 24.8 Å². The fourth-order valence-electron chi connectivity index (χ4n) is 5.11. The van der Waals surface area contributed by atoms with E-state index < -0.39 is 0 Å². The van der Waals surface area contributed by atoms with Gasteiger partial charge in [-0.15, -0.1) is 10.2 Å². The van der Waals surface area contributed by atoms with Gasteiger partial charge in [0.1, 0.15) is 0 Å². The van der Waals surface area contributed by atoms with E-state index in [9.17, 15) is 4.79 Å². The van der Waals surface area contributed by atoms with Gasteiger partial charge in [0, 0.05) is 71.2 Å². The maximum Gasteiger partial charge on any atom is 0.321 e. The Morgan fingerprint density at radius 1 is 0.943 bits per heavy atom. The van der Waals surface area contributed by atoms with E-state index in [2.05, 4.69) is 55.3 Å². The van der Waals surface area contributed by atoms with E-state index in [0.717, 1.165) is 75.3 Å². The van der Waals surface area contributed by atoms with Crippen molar-refractivity contribution in [3.63, 3.8) is 0 Å². The van der Waals surface area contributed by atoms with E-state index in [-0.39, 0.29) is 6.03 Å². The molecular weight excluding hydrogens is 442 g/mol. The summed E-state index contributed by atoms with van der Waals surface area (Å²) >= 11 is 0. The molecule has 0 radical (unpaired) electrons. The summed E-state index contributed by atoms with van der Waals surface area (Å²) in [5, 5.41) is 12.1. The summed E-state index contributed by atoms with van der Waals surface area (Å²) in [5.41, 5.74) is 3.17. The van der Waals surface area contributed by atoms with E-state index in [1.807, 2.05) is 24.0 Å². The van der Waals surface area contributed by atoms with Crippen molar-refractivity contribution < 1.29 is 9.53 Å². The average molecular weight is 480 g/mol. The molecule has 1 aromatic carbocycles. The molecule has 0 spiro atoms. The summed E-state index contributed by atoms with van der Waals surface area (Å²) < 4.78 is 5.79. The number of aromatic nitrogens is 2. The summed E-state index contributed by atoms with van der Waals surface area (Å²) in [6.45, 7) is 12.9. The third kappa shape index (κ3) is 5.67. The van der Waals surface area contributed by atoms with Gasteiger partial charge >= 0.3 is 6.03 Å². The standard InChI is InChI=1S/C26H37N7O2/c1-20-5-3-7-23(21(20)2)27-26(34)33-16-14-32(15-17-33)25-9-8-24(28-29-25)31-12-10-30(11-13-31)19-22-6-4-18-35-22/h3,5,7-9,22H,4,6,10-19H2,1-2H3,(H,27,34). The highest BCUT2D eigenvalue weighted by Crippen LogP contribution is 2.21. The van der Waals surface area contributed by atoms with Gasteiger partial charge in [-0.2, -0.15) is 0 Å². The molecule has 2 amide bonds. The van der Waals surface area contributed by atoms with Crippen LogP contribution in [0.4, 0.5) is 22.1 Å². The molecule has 0 bridgehead atoms. The Kier molecular flexibility index (Phi) is 7.34. The van der Waals surface area contributed by atoms with Gasteiger partial charge in [-0.3, -0.25) is 4.90 Å². The molecule has 0 aliphatic carbocycles. The predicted molar refractivity (Wildman–Crippen MR) is 138 cm³/mol. The largest absolute Gasteiger partial charge is 0.377 e. The number of benzene rings is 1. The third-order valence-corrected chi connectivity index (χ3v) is 7.56. The van der Waals surface area contributed by atoms with Gasteiger partial charge in [0.25, 0.3) is 0 Å². The quantitative estimate of drug-likeness (QED) is 0.707. The first-order valence-electron chi connectivity index (χ1n) is 12.9. The SMILES string of the molecule is Cc1cccc(NC(=O)N2CCN(c3ccc(N4CCN(CC5CCCO5)CC4)nn3)CC2)c1C. The van der Waals surface area contributed by atoms with Crippen LogP contribution in [-0.2, 0) is 4.74 Å². The molecule has 1 aromatic heterocycles. The monoisotopic (exact) mass is 479 g/mol. The molecule has 3 aliphatic heterocycles. The molecule has 9 nitrogen and oxygen atoms in total. The van der Waals surface area contributed by atoms with Gasteiger partial charge in [-0.05, 0) is 56.0 Å². The van der Waals surface area contributed by atoms with Crippen LogP contribution in [0.1, 0.15) is 24.0 Å². The number of urea groups is 1. The van der Waals surface area contributed by atoms with Crippen molar-refractivity contribution in [3.05, 3.63) is 41.5 Å². The van der Waals surface area contributed by atoms with Crippen LogP contribution in [0, 0.1) is 13.8 Å². The summed E-state index contributed by atoms with van der Waals surface area (Å²) in [4.78, 5) is 21.7. The molecule has 2 aromatic rings. The molecule has 188 valence electrons. The highest BCUT2D eigenvalue weighted by atomic mass is 16.5. The molecule has 3 saturated heterocycles. The Hall–Kier alpha value is -2.91. The zero-order valence-electron chi connectivity index (χ0n) is 20.9. The number of amides is 2. The Morgan fingerprint density at radius 2 is 1.60 bits per heavy atom. The highest BCUT2D eigenvalue weighted by molar-refractivity contribution is 5.90. The maximum absolute atomic E-state index is 12.8. The van der Waals surface area contributed by atoms with Crippen molar-refractivity contribution in [2.75, 3.05) is 80.6 Å². The number of anilines is 3. The first kappa shape index (κ1) is 23.8. The van der Waals surface area contributed by atoms with Crippen LogP contribution in [0.5, 0.6) is 0 Å². The van der Waals surface area contributed by atoms with Crippen LogP contribution in [0.15, 0.2) is 30.3 Å². The summed E-state index contributed by atoms with van der Waals surface area (Å²) in [6.07, 6.45) is 2.80. The Labute approximate surface area is 208 Å². The summed E-state index contributed by atoms with van der Waals surface area (Å²) in [6, 6.07) is 10.1. The number of nitrogens with one attached hydrogen (secondary N) is 1. The molecule has 1 N–H and O–H groups in total. The fraction of sp³-hybridized carbons (Fsp3) is 0.577. The molecule has 0 saturated carbocycles. The lowest BCUT2D eigenvalue weighted by Crippen LogP contribution is -2.50. The molecule has 35 heavy (non-hydrogen) atoms. The van der Waals surface area contributed by atoms with E-state index in [0.29, 0.717) is 19.2 Å². The molecular formula is C26H37N7O2. The number of ether oxygens (including phenoxy) is 1. The van der Waals surface area contributed by atoms with Gasteiger partial charge in [0.2, 0.25) is 0 Å².